The van der Waals surface area contributed by atoms with Crippen LogP contribution in [0.4, 0.5) is 5.69 Å². The van der Waals surface area contributed by atoms with Gasteiger partial charge in [0.1, 0.15) is 0 Å². The maximum Gasteiger partial charge on any atom is 0.255 e. The second-order valence-corrected chi connectivity index (χ2v) is 8.63. The van der Waals surface area contributed by atoms with Gasteiger partial charge in [-0.3, -0.25) is 9.00 Å². The summed E-state index contributed by atoms with van der Waals surface area (Å²) in [5, 5.41) is 3.10. The highest BCUT2D eigenvalue weighted by molar-refractivity contribution is 9.10. The average molecular weight is 422 g/mol. The largest absolute Gasteiger partial charge is 0.381 e. The Morgan fingerprint density at radius 3 is 2.60 bits per heavy atom. The number of carbonyl (C=O) groups excluding carboxylic acids is 1. The minimum absolute atomic E-state index is 0.157. The molecule has 1 aliphatic heterocycles. The van der Waals surface area contributed by atoms with Gasteiger partial charge in [0.15, 0.2) is 0 Å². The zero-order chi connectivity index (χ0) is 17.6. The van der Waals surface area contributed by atoms with Crippen molar-refractivity contribution in [2.75, 3.05) is 18.5 Å². The number of nitrogens with one attached hydrogen (secondary N) is 1. The first-order valence-corrected chi connectivity index (χ1v) is 10.4. The highest BCUT2D eigenvalue weighted by atomic mass is 79.9. The summed E-state index contributed by atoms with van der Waals surface area (Å²) >= 11 is 3.36. The van der Waals surface area contributed by atoms with Gasteiger partial charge in [-0.2, -0.15) is 0 Å². The van der Waals surface area contributed by atoms with Crippen molar-refractivity contribution >= 4 is 38.3 Å². The Morgan fingerprint density at radius 1 is 1.16 bits per heavy atom. The Morgan fingerprint density at radius 2 is 1.88 bits per heavy atom. The standard InChI is InChI=1S/C19H20BrNO3S/c20-16-6-4-15(5-7-16)19(22)21-17-3-1-2-14(12-17)13-25(23)18-8-10-24-11-9-18/h1-7,12,18H,8-11,13H2,(H,21,22). The molecule has 0 spiro atoms. The Hall–Kier alpha value is -1.50. The van der Waals surface area contributed by atoms with Crippen LogP contribution >= 0.6 is 15.9 Å². The number of carbonyl (C=O) groups is 1. The first-order chi connectivity index (χ1) is 12.1. The number of hydrogen-bond acceptors (Lipinski definition) is 3. The molecule has 1 saturated heterocycles. The molecule has 0 saturated carbocycles. The van der Waals surface area contributed by atoms with Gasteiger partial charge in [-0.05, 0) is 54.8 Å². The van der Waals surface area contributed by atoms with Gasteiger partial charge < -0.3 is 10.1 Å². The van der Waals surface area contributed by atoms with E-state index in [1.807, 2.05) is 36.4 Å². The molecule has 132 valence electrons. The molecule has 1 atom stereocenters. The summed E-state index contributed by atoms with van der Waals surface area (Å²) in [4.78, 5) is 12.3. The van der Waals surface area contributed by atoms with E-state index < -0.39 is 10.8 Å². The lowest BCUT2D eigenvalue weighted by molar-refractivity contribution is 0.0991. The molecule has 0 aromatic heterocycles. The fraction of sp³-hybridized carbons (Fsp3) is 0.316. The predicted molar refractivity (Wildman–Crippen MR) is 104 cm³/mol. The van der Waals surface area contributed by atoms with Gasteiger partial charge >= 0.3 is 0 Å². The molecular formula is C19H20BrNO3S. The van der Waals surface area contributed by atoms with Crippen LogP contribution in [0.25, 0.3) is 0 Å². The highest BCUT2D eigenvalue weighted by Gasteiger charge is 2.20. The van der Waals surface area contributed by atoms with E-state index >= 15 is 0 Å². The third-order valence-corrected chi connectivity index (χ3v) is 6.50. The summed E-state index contributed by atoms with van der Waals surface area (Å²) in [7, 11) is -0.915. The zero-order valence-corrected chi connectivity index (χ0v) is 16.1. The predicted octanol–water partition coefficient (Wildman–Crippen LogP) is 4.13. The van der Waals surface area contributed by atoms with Crippen LogP contribution in [0.5, 0.6) is 0 Å². The molecule has 0 bridgehead atoms. The molecule has 4 nitrogen and oxygen atoms in total. The zero-order valence-electron chi connectivity index (χ0n) is 13.7. The lowest BCUT2D eigenvalue weighted by Crippen LogP contribution is -2.25. The smallest absolute Gasteiger partial charge is 0.255 e. The Labute approximate surface area is 158 Å². The van der Waals surface area contributed by atoms with Gasteiger partial charge in [-0.1, -0.05) is 28.1 Å². The Bertz CT molecular complexity index is 758. The fourth-order valence-electron chi connectivity index (χ4n) is 2.76. The molecule has 1 unspecified atom stereocenters. The average Bonchev–Trinajstić information content (AvgIpc) is 2.63. The number of rotatable bonds is 5. The molecular weight excluding hydrogens is 402 g/mol. The fourth-order valence-corrected chi connectivity index (χ4v) is 4.49. The normalized spacial score (nSPS) is 16.4. The maximum atomic E-state index is 12.5. The molecule has 1 heterocycles. The van der Waals surface area contributed by atoms with Gasteiger partial charge in [-0.25, -0.2) is 0 Å². The maximum absolute atomic E-state index is 12.5. The number of hydrogen-bond donors (Lipinski definition) is 1. The summed E-state index contributed by atoms with van der Waals surface area (Å²) in [5.74, 6) is 0.349. The van der Waals surface area contributed by atoms with Crippen LogP contribution in [0, 0.1) is 0 Å². The summed E-state index contributed by atoms with van der Waals surface area (Å²) in [6.07, 6.45) is 1.71. The van der Waals surface area contributed by atoms with E-state index in [9.17, 15) is 9.00 Å². The van der Waals surface area contributed by atoms with Crippen LogP contribution in [-0.2, 0) is 21.3 Å². The molecule has 2 aromatic rings. The van der Waals surface area contributed by atoms with Crippen LogP contribution in [0.2, 0.25) is 0 Å². The van der Waals surface area contributed by atoms with Crippen LogP contribution in [0.15, 0.2) is 53.0 Å². The van der Waals surface area contributed by atoms with Crippen LogP contribution in [-0.4, -0.2) is 28.6 Å². The van der Waals surface area contributed by atoms with Crippen molar-refractivity contribution in [2.45, 2.75) is 23.8 Å². The molecule has 25 heavy (non-hydrogen) atoms. The van der Waals surface area contributed by atoms with E-state index in [0.29, 0.717) is 24.5 Å². The Balaban J connectivity index is 1.63. The number of benzene rings is 2. The van der Waals surface area contributed by atoms with Gasteiger partial charge in [0.05, 0.1) is 0 Å². The summed E-state index contributed by atoms with van der Waals surface area (Å²) in [6.45, 7) is 1.39. The number of ether oxygens (including phenoxy) is 1. The molecule has 1 aliphatic rings. The number of halogens is 1. The molecule has 3 rings (SSSR count). The lowest BCUT2D eigenvalue weighted by Gasteiger charge is -2.21. The first-order valence-electron chi connectivity index (χ1n) is 8.22. The summed E-state index contributed by atoms with van der Waals surface area (Å²) in [6, 6.07) is 14.8. The van der Waals surface area contributed by atoms with Gasteiger partial charge in [0.25, 0.3) is 5.91 Å². The van der Waals surface area contributed by atoms with E-state index in [1.165, 1.54) is 0 Å². The summed E-state index contributed by atoms with van der Waals surface area (Å²) < 4.78 is 18.8. The topological polar surface area (TPSA) is 55.4 Å². The highest BCUT2D eigenvalue weighted by Crippen LogP contribution is 2.19. The minimum atomic E-state index is -0.915. The van der Waals surface area contributed by atoms with Gasteiger partial charge in [-0.15, -0.1) is 0 Å². The molecule has 2 aromatic carbocycles. The number of anilines is 1. The van der Waals surface area contributed by atoms with Crippen LogP contribution in [0.3, 0.4) is 0 Å². The summed E-state index contributed by atoms with van der Waals surface area (Å²) in [5.41, 5.74) is 2.28. The SMILES string of the molecule is O=C(Nc1cccc(CS(=O)C2CCOCC2)c1)c1ccc(Br)cc1. The van der Waals surface area contributed by atoms with Crippen molar-refractivity contribution in [1.82, 2.24) is 0 Å². The van der Waals surface area contributed by atoms with Crippen molar-refractivity contribution in [2.24, 2.45) is 0 Å². The quantitative estimate of drug-likeness (QED) is 0.789. The molecule has 6 heteroatoms. The van der Waals surface area contributed by atoms with Crippen molar-refractivity contribution in [3.8, 4) is 0 Å². The van der Waals surface area contributed by atoms with E-state index in [1.54, 1.807) is 12.1 Å². The van der Waals surface area contributed by atoms with Crippen molar-refractivity contribution < 1.29 is 13.7 Å². The van der Waals surface area contributed by atoms with Gasteiger partial charge in [0.2, 0.25) is 0 Å². The molecule has 1 amide bonds. The molecule has 1 fully saturated rings. The first kappa shape index (κ1) is 18.3. The van der Waals surface area contributed by atoms with Crippen molar-refractivity contribution in [1.29, 1.82) is 0 Å². The van der Waals surface area contributed by atoms with Crippen LogP contribution in [0.1, 0.15) is 28.8 Å². The van der Waals surface area contributed by atoms with Crippen LogP contribution < -0.4 is 5.32 Å². The monoisotopic (exact) mass is 421 g/mol. The van der Waals surface area contributed by atoms with E-state index in [0.717, 1.165) is 28.6 Å². The second kappa shape index (κ2) is 8.74. The molecule has 0 radical (unpaired) electrons. The van der Waals surface area contributed by atoms with E-state index in [2.05, 4.69) is 21.2 Å². The second-order valence-electron chi connectivity index (χ2n) is 6.00. The van der Waals surface area contributed by atoms with Crippen molar-refractivity contribution in [3.63, 3.8) is 0 Å². The molecule has 1 N–H and O–H groups in total. The Kier molecular flexibility index (Phi) is 6.39. The van der Waals surface area contributed by atoms with Crippen molar-refractivity contribution in [3.05, 3.63) is 64.1 Å². The van der Waals surface area contributed by atoms with Gasteiger partial charge in [0, 0.05) is 50.7 Å². The van der Waals surface area contributed by atoms with E-state index in [4.69, 9.17) is 4.74 Å². The lowest BCUT2D eigenvalue weighted by atomic mass is 10.2. The van der Waals surface area contributed by atoms with E-state index in [-0.39, 0.29) is 11.2 Å². The minimum Gasteiger partial charge on any atom is -0.381 e. The number of amides is 1. The third-order valence-electron chi connectivity index (χ3n) is 4.14. The molecule has 0 aliphatic carbocycles. The third kappa shape index (κ3) is 5.23.